The minimum absolute atomic E-state index is 0.0581. The maximum atomic E-state index is 12.9. The summed E-state index contributed by atoms with van der Waals surface area (Å²) in [6.07, 6.45) is 0. The van der Waals surface area contributed by atoms with Crippen LogP contribution in [0.4, 0.5) is 11.6 Å². The number of aromatic nitrogens is 1. The molecule has 170 valence electrons. The van der Waals surface area contributed by atoms with Gasteiger partial charge in [0.15, 0.2) is 0 Å². The van der Waals surface area contributed by atoms with E-state index in [2.05, 4.69) is 14.4 Å². The monoisotopic (exact) mass is 477 g/mol. The van der Waals surface area contributed by atoms with Crippen molar-refractivity contribution in [3.8, 4) is 11.5 Å². The highest BCUT2D eigenvalue weighted by atomic mass is 32.2. The third-order valence-corrected chi connectivity index (χ3v) is 7.20. The number of nitrogens with one attached hydrogen (secondary N) is 2. The molecule has 0 fully saturated rings. The smallest absolute Gasteiger partial charge is 0.266 e. The highest BCUT2D eigenvalue weighted by Crippen LogP contribution is 2.28. The Hall–Kier alpha value is -3.31. The molecule has 3 aromatic rings. The normalized spacial score (nSPS) is 11.6. The molecule has 0 aliphatic carbocycles. The number of hydrogen-bond donors (Lipinski definition) is 2. The van der Waals surface area contributed by atoms with Crippen molar-refractivity contribution in [2.24, 2.45) is 0 Å². The van der Waals surface area contributed by atoms with E-state index in [4.69, 9.17) is 9.47 Å². The molecule has 9 nitrogen and oxygen atoms in total. The first-order valence-corrected chi connectivity index (χ1v) is 12.3. The van der Waals surface area contributed by atoms with Crippen LogP contribution in [0.15, 0.2) is 64.4 Å². The van der Waals surface area contributed by atoms with Crippen molar-refractivity contribution < 1.29 is 26.3 Å². The SMILES string of the molecule is COc1ccc(C)cc1S(=O)(=O)Nc1cccc(NS(=O)(=O)c2cc(C)ccc2OC)n1. The van der Waals surface area contributed by atoms with Gasteiger partial charge in [0, 0.05) is 0 Å². The number of aryl methyl sites for hydroxylation is 2. The van der Waals surface area contributed by atoms with Crippen LogP contribution in [0.5, 0.6) is 11.5 Å². The molecular weight excluding hydrogens is 454 g/mol. The summed E-state index contributed by atoms with van der Waals surface area (Å²) in [5.41, 5.74) is 1.46. The predicted molar refractivity (Wildman–Crippen MR) is 121 cm³/mol. The number of pyridine rings is 1. The zero-order valence-electron chi connectivity index (χ0n) is 17.9. The average Bonchev–Trinajstić information content (AvgIpc) is 2.73. The number of hydrogen-bond acceptors (Lipinski definition) is 7. The van der Waals surface area contributed by atoms with Gasteiger partial charge in [0.2, 0.25) is 0 Å². The lowest BCUT2D eigenvalue weighted by molar-refractivity contribution is 0.402. The first-order valence-electron chi connectivity index (χ1n) is 9.38. The highest BCUT2D eigenvalue weighted by Gasteiger charge is 2.23. The molecule has 2 N–H and O–H groups in total. The lowest BCUT2D eigenvalue weighted by atomic mass is 10.2. The number of anilines is 2. The van der Waals surface area contributed by atoms with Gasteiger partial charge in [-0.05, 0) is 61.4 Å². The molecule has 2 aromatic carbocycles. The molecule has 0 saturated carbocycles. The van der Waals surface area contributed by atoms with Crippen molar-refractivity contribution in [2.45, 2.75) is 23.6 Å². The fraction of sp³-hybridized carbons (Fsp3) is 0.190. The number of nitrogens with zero attached hydrogens (tertiary/aromatic N) is 1. The van der Waals surface area contributed by atoms with Gasteiger partial charge in [-0.2, -0.15) is 0 Å². The maximum absolute atomic E-state index is 12.9. The van der Waals surface area contributed by atoms with Gasteiger partial charge in [-0.3, -0.25) is 9.44 Å². The number of rotatable bonds is 8. The average molecular weight is 478 g/mol. The van der Waals surface area contributed by atoms with Crippen LogP contribution < -0.4 is 18.9 Å². The number of sulfonamides is 2. The van der Waals surface area contributed by atoms with E-state index in [0.717, 1.165) is 11.1 Å². The summed E-state index contributed by atoms with van der Waals surface area (Å²) >= 11 is 0. The molecule has 0 spiro atoms. The van der Waals surface area contributed by atoms with E-state index >= 15 is 0 Å². The minimum atomic E-state index is -4.04. The molecule has 0 atom stereocenters. The van der Waals surface area contributed by atoms with Crippen LogP contribution in [-0.2, 0) is 20.0 Å². The third-order valence-electron chi connectivity index (χ3n) is 4.44. The largest absolute Gasteiger partial charge is 0.495 e. The Balaban J connectivity index is 1.91. The van der Waals surface area contributed by atoms with Crippen molar-refractivity contribution in [2.75, 3.05) is 23.7 Å². The molecule has 11 heteroatoms. The van der Waals surface area contributed by atoms with E-state index < -0.39 is 20.0 Å². The predicted octanol–water partition coefficient (Wildman–Crippen LogP) is 3.32. The van der Waals surface area contributed by atoms with E-state index in [1.807, 2.05) is 0 Å². The number of methoxy groups -OCH3 is 2. The Morgan fingerprint density at radius 2 is 1.09 bits per heavy atom. The molecule has 0 bridgehead atoms. The van der Waals surface area contributed by atoms with Crippen molar-refractivity contribution in [3.05, 3.63) is 65.7 Å². The van der Waals surface area contributed by atoms with Crippen LogP contribution in [0.25, 0.3) is 0 Å². The summed E-state index contributed by atoms with van der Waals surface area (Å²) in [4.78, 5) is 3.97. The molecule has 0 unspecified atom stereocenters. The van der Waals surface area contributed by atoms with Crippen LogP contribution in [0.1, 0.15) is 11.1 Å². The van der Waals surface area contributed by atoms with Crippen LogP contribution in [0.3, 0.4) is 0 Å². The summed E-state index contributed by atoms with van der Waals surface area (Å²) in [5, 5.41) is 0. The van der Waals surface area contributed by atoms with Crippen molar-refractivity contribution in [1.29, 1.82) is 0 Å². The van der Waals surface area contributed by atoms with Gasteiger partial charge in [-0.15, -0.1) is 0 Å². The Morgan fingerprint density at radius 1 is 0.688 bits per heavy atom. The number of benzene rings is 2. The summed E-state index contributed by atoms with van der Waals surface area (Å²) in [6.45, 7) is 3.51. The minimum Gasteiger partial charge on any atom is -0.495 e. The Kier molecular flexibility index (Phi) is 6.60. The van der Waals surface area contributed by atoms with E-state index in [9.17, 15) is 16.8 Å². The Labute approximate surface area is 187 Å². The zero-order chi connectivity index (χ0) is 23.5. The van der Waals surface area contributed by atoms with E-state index in [0.29, 0.717) is 0 Å². The van der Waals surface area contributed by atoms with Crippen LogP contribution >= 0.6 is 0 Å². The fourth-order valence-electron chi connectivity index (χ4n) is 2.92. The van der Waals surface area contributed by atoms with Gasteiger partial charge in [-0.1, -0.05) is 18.2 Å². The first-order chi connectivity index (χ1) is 15.1. The fourth-order valence-corrected chi connectivity index (χ4v) is 5.43. The summed E-state index contributed by atoms with van der Waals surface area (Å²) < 4.78 is 66.6. The second-order valence-electron chi connectivity index (χ2n) is 6.93. The number of ether oxygens (including phenoxy) is 2. The molecule has 32 heavy (non-hydrogen) atoms. The second kappa shape index (κ2) is 9.05. The first kappa shape index (κ1) is 23.4. The molecule has 0 aliphatic heterocycles. The summed E-state index contributed by atoms with van der Waals surface area (Å²) in [5.74, 6) is 0.216. The molecule has 1 aromatic heterocycles. The molecule has 0 aliphatic rings. The van der Waals surface area contributed by atoms with Crippen LogP contribution in [-0.4, -0.2) is 36.0 Å². The van der Waals surface area contributed by atoms with Crippen molar-refractivity contribution >= 4 is 31.7 Å². The highest BCUT2D eigenvalue weighted by molar-refractivity contribution is 7.93. The molecule has 0 amide bonds. The quantitative estimate of drug-likeness (QED) is 0.510. The van der Waals surface area contributed by atoms with Gasteiger partial charge in [0.1, 0.15) is 32.9 Å². The van der Waals surface area contributed by atoms with E-state index in [1.54, 1.807) is 38.1 Å². The molecule has 1 heterocycles. The molecule has 0 radical (unpaired) electrons. The second-order valence-corrected chi connectivity index (χ2v) is 10.2. The van der Waals surface area contributed by atoms with Gasteiger partial charge < -0.3 is 9.47 Å². The lowest BCUT2D eigenvalue weighted by Gasteiger charge is -2.14. The molecule has 0 saturated heterocycles. The topological polar surface area (TPSA) is 124 Å². The Morgan fingerprint density at radius 3 is 1.47 bits per heavy atom. The van der Waals surface area contributed by atoms with Crippen LogP contribution in [0.2, 0.25) is 0 Å². The third kappa shape index (κ3) is 5.11. The standard InChI is InChI=1S/C21H23N3O6S2/c1-14-8-10-16(29-3)18(12-14)31(25,26)23-20-6-5-7-21(22-20)24-32(27,28)19-13-15(2)9-11-17(19)30-4/h5-13H,1-4H3,(H2,22,23,24). The van der Waals surface area contributed by atoms with E-state index in [1.165, 1.54) is 44.6 Å². The van der Waals surface area contributed by atoms with Crippen LogP contribution in [0, 0.1) is 13.8 Å². The van der Waals surface area contributed by atoms with Crippen molar-refractivity contribution in [3.63, 3.8) is 0 Å². The Bertz CT molecular complexity index is 1250. The van der Waals surface area contributed by atoms with Gasteiger partial charge in [0.05, 0.1) is 14.2 Å². The van der Waals surface area contributed by atoms with Crippen molar-refractivity contribution in [1.82, 2.24) is 4.98 Å². The summed E-state index contributed by atoms with van der Waals surface area (Å²) in [6, 6.07) is 13.8. The van der Waals surface area contributed by atoms with Gasteiger partial charge in [-0.25, -0.2) is 21.8 Å². The zero-order valence-corrected chi connectivity index (χ0v) is 19.5. The van der Waals surface area contributed by atoms with Gasteiger partial charge in [0.25, 0.3) is 20.0 Å². The van der Waals surface area contributed by atoms with E-state index in [-0.39, 0.29) is 32.9 Å². The molecule has 3 rings (SSSR count). The maximum Gasteiger partial charge on any atom is 0.266 e. The summed E-state index contributed by atoms with van der Waals surface area (Å²) in [7, 11) is -5.34. The van der Waals surface area contributed by atoms with Gasteiger partial charge >= 0.3 is 0 Å². The molecular formula is C21H23N3O6S2. The lowest BCUT2D eigenvalue weighted by Crippen LogP contribution is -2.17.